The van der Waals surface area contributed by atoms with E-state index in [-0.39, 0.29) is 34.7 Å². The van der Waals surface area contributed by atoms with Crippen molar-refractivity contribution in [3.63, 3.8) is 0 Å². The molecular weight excluding hydrogens is 567 g/mol. The number of hydrogen-bond acceptors (Lipinski definition) is 9. The normalized spacial score (nSPS) is 19.2. The Morgan fingerprint density at radius 1 is 1.24 bits per heavy atom. The van der Waals surface area contributed by atoms with Crippen LogP contribution in [0, 0.1) is 11.2 Å². The zero-order chi connectivity index (χ0) is 29.1. The van der Waals surface area contributed by atoms with Gasteiger partial charge in [0.1, 0.15) is 32.6 Å². The lowest BCUT2D eigenvalue weighted by atomic mass is 9.73. The fraction of sp³-hybridized carbons (Fsp3) is 0.429. The predicted molar refractivity (Wildman–Crippen MR) is 158 cm³/mol. The number of anilines is 2. The maximum absolute atomic E-state index is 14.2. The number of nitrogen functional groups attached to an aromatic ring is 1. The number of pyridine rings is 1. The Balaban J connectivity index is 1.30. The Bertz CT molecular complexity index is 1620. The lowest BCUT2D eigenvalue weighted by Crippen LogP contribution is -2.50. The molecule has 41 heavy (non-hydrogen) atoms. The quantitative estimate of drug-likeness (QED) is 0.290. The summed E-state index contributed by atoms with van der Waals surface area (Å²) in [5.41, 5.74) is 9.56. The van der Waals surface area contributed by atoms with Crippen LogP contribution in [-0.2, 0) is 24.4 Å². The van der Waals surface area contributed by atoms with Crippen LogP contribution in [0.25, 0.3) is 16.9 Å². The largest absolute Gasteiger partial charge is 0.598 e. The Kier molecular flexibility index (Phi) is 7.10. The van der Waals surface area contributed by atoms with Crippen LogP contribution in [0.3, 0.4) is 0 Å². The summed E-state index contributed by atoms with van der Waals surface area (Å²) in [6, 6.07) is 6.43. The van der Waals surface area contributed by atoms with E-state index >= 15 is 0 Å². The van der Waals surface area contributed by atoms with Gasteiger partial charge in [-0.25, -0.2) is 24.0 Å². The average molecular weight is 599 g/mol. The van der Waals surface area contributed by atoms with E-state index in [1.165, 1.54) is 16.9 Å². The third-order valence-corrected chi connectivity index (χ3v) is 10.1. The highest BCUT2D eigenvalue weighted by Crippen LogP contribution is 2.53. The van der Waals surface area contributed by atoms with Crippen LogP contribution >= 0.6 is 11.6 Å². The number of fused-ring (bicyclic) bond motifs is 2. The van der Waals surface area contributed by atoms with Gasteiger partial charge in [-0.1, -0.05) is 17.7 Å². The van der Waals surface area contributed by atoms with Crippen molar-refractivity contribution in [3.8, 4) is 5.69 Å². The molecule has 0 bridgehead atoms. The van der Waals surface area contributed by atoms with Crippen molar-refractivity contribution in [3.05, 3.63) is 64.3 Å². The minimum Gasteiger partial charge on any atom is -0.598 e. The Morgan fingerprint density at radius 2 is 2.00 bits per heavy atom. The van der Waals surface area contributed by atoms with E-state index in [2.05, 4.69) is 19.7 Å². The van der Waals surface area contributed by atoms with E-state index in [4.69, 9.17) is 27.3 Å². The molecule has 10 nitrogen and oxygen atoms in total. The van der Waals surface area contributed by atoms with Crippen LogP contribution in [0.2, 0.25) is 5.02 Å². The molecule has 1 aromatic carbocycles. The molecule has 1 aliphatic carbocycles. The molecule has 0 radical (unpaired) electrons. The Hall–Kier alpha value is -3.03. The molecule has 4 aromatic rings. The van der Waals surface area contributed by atoms with Crippen LogP contribution in [-0.4, -0.2) is 52.2 Å². The van der Waals surface area contributed by atoms with Gasteiger partial charge in [-0.15, -0.1) is 4.72 Å². The first-order valence-corrected chi connectivity index (χ1v) is 15.0. The average Bonchev–Trinajstić information content (AvgIpc) is 3.47. The Morgan fingerprint density at radius 3 is 2.71 bits per heavy atom. The highest BCUT2D eigenvalue weighted by Gasteiger charge is 2.50. The van der Waals surface area contributed by atoms with Gasteiger partial charge in [-0.2, -0.15) is 5.10 Å². The molecule has 1 spiro atoms. The summed E-state index contributed by atoms with van der Waals surface area (Å²) in [5, 5.41) is 15.0. The molecular formula is C28H32ClFN8O2S. The topological polar surface area (TPSA) is 141 Å². The SMILES string of the molecule is CC(C)(C)[S@@+]([O-])N[C@@H]1c2ccc(F)cc2CC12CCN(c1nc3cnn(-c4ccnc(N)c4Cl)c3nc1CO)CC2. The Labute approximate surface area is 245 Å². The molecule has 216 valence electrons. The van der Waals surface area contributed by atoms with Crippen LogP contribution in [0.4, 0.5) is 16.0 Å². The summed E-state index contributed by atoms with van der Waals surface area (Å²) in [6.45, 7) is 6.80. The molecule has 1 aliphatic heterocycles. The predicted octanol–water partition coefficient (Wildman–Crippen LogP) is 4.01. The number of benzene rings is 1. The van der Waals surface area contributed by atoms with Gasteiger partial charge in [0.15, 0.2) is 11.5 Å². The number of nitrogens with one attached hydrogen (secondary N) is 1. The molecule has 1 saturated heterocycles. The molecule has 2 aliphatic rings. The number of hydrogen-bond donors (Lipinski definition) is 3. The second-order valence-electron chi connectivity index (χ2n) is 11.7. The first kappa shape index (κ1) is 28.1. The second-order valence-corrected chi connectivity index (χ2v) is 14.1. The first-order valence-electron chi connectivity index (χ1n) is 13.5. The summed E-state index contributed by atoms with van der Waals surface area (Å²) in [6.07, 6.45) is 5.37. The van der Waals surface area contributed by atoms with Crippen LogP contribution in [0.1, 0.15) is 56.5 Å². The van der Waals surface area contributed by atoms with Crippen molar-refractivity contribution < 1.29 is 14.0 Å². The minimum atomic E-state index is -1.29. The van der Waals surface area contributed by atoms with Gasteiger partial charge in [-0.3, -0.25) is 0 Å². The smallest absolute Gasteiger partial charge is 0.182 e. The molecule has 4 N–H and O–H groups in total. The van der Waals surface area contributed by atoms with E-state index < -0.39 is 16.1 Å². The van der Waals surface area contributed by atoms with E-state index in [9.17, 15) is 14.0 Å². The minimum absolute atomic E-state index is 0.165. The fourth-order valence-corrected chi connectivity index (χ4v) is 7.08. The van der Waals surface area contributed by atoms with Crippen molar-refractivity contribution in [2.45, 2.75) is 57.4 Å². The van der Waals surface area contributed by atoms with Crippen LogP contribution < -0.4 is 15.4 Å². The first-order chi connectivity index (χ1) is 19.5. The molecule has 0 amide bonds. The molecule has 0 saturated carbocycles. The van der Waals surface area contributed by atoms with Gasteiger partial charge in [0, 0.05) is 36.1 Å². The second kappa shape index (κ2) is 10.4. The third-order valence-electron chi connectivity index (χ3n) is 8.14. The molecule has 2 atom stereocenters. The lowest BCUT2D eigenvalue weighted by molar-refractivity contribution is 0.175. The molecule has 3 aromatic heterocycles. The number of aliphatic hydroxyl groups excluding tert-OH is 1. The van der Waals surface area contributed by atoms with Gasteiger partial charge >= 0.3 is 0 Å². The molecule has 6 rings (SSSR count). The summed E-state index contributed by atoms with van der Waals surface area (Å²) < 4.78 is 31.9. The van der Waals surface area contributed by atoms with Gasteiger partial charge in [-0.05, 0) is 69.4 Å². The number of aliphatic hydroxyl groups is 1. The number of nitrogens with zero attached hydrogens (tertiary/aromatic N) is 6. The fourth-order valence-electron chi connectivity index (χ4n) is 5.94. The van der Waals surface area contributed by atoms with Crippen molar-refractivity contribution in [1.29, 1.82) is 0 Å². The summed E-state index contributed by atoms with van der Waals surface area (Å²) in [7, 11) is 0. The van der Waals surface area contributed by atoms with Crippen molar-refractivity contribution in [1.82, 2.24) is 29.5 Å². The van der Waals surface area contributed by atoms with E-state index in [0.29, 0.717) is 47.9 Å². The monoisotopic (exact) mass is 598 g/mol. The number of aromatic nitrogens is 5. The van der Waals surface area contributed by atoms with Crippen molar-refractivity contribution in [2.75, 3.05) is 23.7 Å². The summed E-state index contributed by atoms with van der Waals surface area (Å²) in [4.78, 5) is 15.7. The molecule has 0 unspecified atom stereocenters. The number of rotatable bonds is 5. The van der Waals surface area contributed by atoms with E-state index in [0.717, 1.165) is 24.0 Å². The number of halogens is 2. The highest BCUT2D eigenvalue weighted by atomic mass is 35.5. The third kappa shape index (κ3) is 4.91. The van der Waals surface area contributed by atoms with Gasteiger partial charge in [0.05, 0.1) is 24.5 Å². The van der Waals surface area contributed by atoms with Crippen LogP contribution in [0.15, 0.2) is 36.7 Å². The number of piperidine rings is 1. The maximum atomic E-state index is 14.2. The summed E-state index contributed by atoms with van der Waals surface area (Å²) >= 11 is 5.09. The lowest BCUT2D eigenvalue weighted by Gasteiger charge is -2.44. The molecule has 4 heterocycles. The zero-order valence-corrected chi connectivity index (χ0v) is 24.6. The van der Waals surface area contributed by atoms with Crippen molar-refractivity contribution in [2.24, 2.45) is 5.41 Å². The molecule has 13 heteroatoms. The van der Waals surface area contributed by atoms with Crippen LogP contribution in [0.5, 0.6) is 0 Å². The summed E-state index contributed by atoms with van der Waals surface area (Å²) in [5.74, 6) is 0.512. The van der Waals surface area contributed by atoms with Gasteiger partial charge < -0.3 is 20.3 Å². The van der Waals surface area contributed by atoms with Gasteiger partial charge in [0.2, 0.25) is 0 Å². The zero-order valence-electron chi connectivity index (χ0n) is 23.1. The maximum Gasteiger partial charge on any atom is 0.182 e. The highest BCUT2D eigenvalue weighted by molar-refractivity contribution is 7.90. The standard InChI is InChI=1S/C28H32ClFN8O2S/c1-27(2,3)41(40)36-23-18-5-4-17(30)12-16(18)13-28(23)7-10-37(11-8-28)25-20(15-39)35-26-19(34-25)14-33-38(26)21-6-9-32-24(31)22(21)29/h4-6,9,12,14,23,36,39H,7-8,10-11,13,15H2,1-3H3,(H2,31,32)/t23-,41-/m1/s1. The number of nitrogens with two attached hydrogens (primary N) is 1. The van der Waals surface area contributed by atoms with Crippen molar-refractivity contribution >= 4 is 45.8 Å². The van der Waals surface area contributed by atoms with E-state index in [1.807, 2.05) is 26.8 Å². The van der Waals surface area contributed by atoms with E-state index in [1.54, 1.807) is 18.3 Å². The molecule has 1 fully saturated rings. The van der Waals surface area contributed by atoms with Gasteiger partial charge in [0.25, 0.3) is 0 Å².